The van der Waals surface area contributed by atoms with E-state index in [-0.39, 0.29) is 11.8 Å². The molecule has 0 bridgehead atoms. The van der Waals surface area contributed by atoms with Gasteiger partial charge < -0.3 is 0 Å². The van der Waals surface area contributed by atoms with Crippen LogP contribution in [-0.4, -0.2) is 12.6 Å². The molecule has 0 radical (unpaired) electrons. The Hall–Kier alpha value is -1.44. The molecular formula is C14H18O2. The molecule has 0 heterocycles. The van der Waals surface area contributed by atoms with Gasteiger partial charge in [-0.2, -0.15) is 0 Å². The highest BCUT2D eigenvalue weighted by Gasteiger charge is 2.17. The van der Waals surface area contributed by atoms with E-state index in [4.69, 9.17) is 0 Å². The molecule has 1 rings (SSSR count). The fraction of sp³-hybridized carbons (Fsp3) is 0.429. The van der Waals surface area contributed by atoms with Crippen molar-refractivity contribution in [3.05, 3.63) is 34.4 Å². The molecule has 0 aliphatic carbocycles. The molecule has 0 spiro atoms. The van der Waals surface area contributed by atoms with Crippen molar-refractivity contribution in [2.45, 2.75) is 39.5 Å². The van der Waals surface area contributed by atoms with Crippen LogP contribution in [0.3, 0.4) is 0 Å². The van der Waals surface area contributed by atoms with Crippen molar-refractivity contribution >= 4 is 12.6 Å². The van der Waals surface area contributed by atoms with Gasteiger partial charge in [-0.05, 0) is 23.0 Å². The van der Waals surface area contributed by atoms with Crippen LogP contribution < -0.4 is 0 Å². The van der Waals surface area contributed by atoms with Gasteiger partial charge >= 0.3 is 0 Å². The second-order valence-electron chi connectivity index (χ2n) is 4.62. The normalized spacial score (nSPS) is 10.9. The summed E-state index contributed by atoms with van der Waals surface area (Å²) in [5.74, 6) is 0.495. The third kappa shape index (κ3) is 2.21. The monoisotopic (exact) mass is 218 g/mol. The van der Waals surface area contributed by atoms with Crippen molar-refractivity contribution in [1.82, 2.24) is 0 Å². The average molecular weight is 218 g/mol. The Bertz CT molecular complexity index is 364. The van der Waals surface area contributed by atoms with Crippen LogP contribution in [-0.2, 0) is 0 Å². The van der Waals surface area contributed by atoms with E-state index in [9.17, 15) is 9.59 Å². The summed E-state index contributed by atoms with van der Waals surface area (Å²) >= 11 is 0. The molecule has 0 unspecified atom stereocenters. The minimum Gasteiger partial charge on any atom is -0.298 e. The lowest BCUT2D eigenvalue weighted by atomic mass is 9.84. The van der Waals surface area contributed by atoms with Crippen LogP contribution in [0.5, 0.6) is 0 Å². The molecule has 0 saturated heterocycles. The summed E-state index contributed by atoms with van der Waals surface area (Å²) in [5.41, 5.74) is 3.41. The average Bonchev–Trinajstić information content (AvgIpc) is 2.26. The van der Waals surface area contributed by atoms with E-state index >= 15 is 0 Å². The van der Waals surface area contributed by atoms with Crippen molar-refractivity contribution in [3.63, 3.8) is 0 Å². The minimum absolute atomic E-state index is 0.248. The molecule has 2 heteroatoms. The minimum atomic E-state index is 0.248. The van der Waals surface area contributed by atoms with Crippen LogP contribution in [0.15, 0.2) is 12.1 Å². The molecule has 86 valence electrons. The molecule has 0 saturated carbocycles. The fourth-order valence-electron chi connectivity index (χ4n) is 2.16. The molecule has 1 aromatic rings. The first-order valence-corrected chi connectivity index (χ1v) is 5.60. The maximum absolute atomic E-state index is 11.0. The lowest BCUT2D eigenvalue weighted by molar-refractivity contribution is 0.111. The highest BCUT2D eigenvalue weighted by molar-refractivity contribution is 5.85. The fourth-order valence-corrected chi connectivity index (χ4v) is 2.16. The first-order valence-electron chi connectivity index (χ1n) is 5.60. The van der Waals surface area contributed by atoms with E-state index in [0.717, 1.165) is 23.7 Å². The van der Waals surface area contributed by atoms with Gasteiger partial charge in [-0.1, -0.05) is 39.8 Å². The van der Waals surface area contributed by atoms with Gasteiger partial charge in [0.1, 0.15) is 12.6 Å². The van der Waals surface area contributed by atoms with Gasteiger partial charge in [0.25, 0.3) is 0 Å². The van der Waals surface area contributed by atoms with Gasteiger partial charge in [-0.25, -0.2) is 0 Å². The number of carbonyl (C=O) groups excluding carboxylic acids is 2. The molecule has 1 aromatic carbocycles. The Morgan fingerprint density at radius 2 is 1.12 bits per heavy atom. The summed E-state index contributed by atoms with van der Waals surface area (Å²) in [7, 11) is 0. The van der Waals surface area contributed by atoms with Crippen LogP contribution >= 0.6 is 0 Å². The lowest BCUT2D eigenvalue weighted by Crippen LogP contribution is -2.07. The van der Waals surface area contributed by atoms with Crippen molar-refractivity contribution in [2.24, 2.45) is 0 Å². The first kappa shape index (κ1) is 12.6. The zero-order valence-corrected chi connectivity index (χ0v) is 10.3. The quantitative estimate of drug-likeness (QED) is 0.724. The van der Waals surface area contributed by atoms with Crippen LogP contribution in [0, 0.1) is 0 Å². The van der Waals surface area contributed by atoms with Crippen molar-refractivity contribution in [3.8, 4) is 0 Å². The molecule has 0 N–H and O–H groups in total. The smallest absolute Gasteiger partial charge is 0.150 e. The first-order chi connectivity index (χ1) is 7.52. The molecular weight excluding hydrogens is 200 g/mol. The van der Waals surface area contributed by atoms with Crippen molar-refractivity contribution in [2.75, 3.05) is 0 Å². The molecule has 0 atom stereocenters. The Kier molecular flexibility index (Phi) is 3.99. The number of rotatable bonds is 4. The van der Waals surface area contributed by atoms with E-state index in [1.54, 1.807) is 12.1 Å². The van der Waals surface area contributed by atoms with E-state index in [1.165, 1.54) is 0 Å². The summed E-state index contributed by atoms with van der Waals surface area (Å²) in [5, 5.41) is 0. The zero-order chi connectivity index (χ0) is 12.3. The highest BCUT2D eigenvalue weighted by atomic mass is 16.1. The van der Waals surface area contributed by atoms with E-state index in [1.807, 2.05) is 27.7 Å². The predicted molar refractivity (Wildman–Crippen MR) is 65.4 cm³/mol. The molecule has 2 nitrogen and oxygen atoms in total. The summed E-state index contributed by atoms with van der Waals surface area (Å²) in [6.07, 6.45) is 1.74. The van der Waals surface area contributed by atoms with Crippen LogP contribution in [0.4, 0.5) is 0 Å². The van der Waals surface area contributed by atoms with Crippen LogP contribution in [0.2, 0.25) is 0 Å². The maximum atomic E-state index is 11.0. The molecule has 0 aliphatic rings. The van der Waals surface area contributed by atoms with Gasteiger partial charge in [0, 0.05) is 11.1 Å². The van der Waals surface area contributed by atoms with Crippen molar-refractivity contribution < 1.29 is 9.59 Å². The third-order valence-corrected chi connectivity index (χ3v) is 2.76. The van der Waals surface area contributed by atoms with Crippen LogP contribution in [0.1, 0.15) is 71.4 Å². The zero-order valence-electron chi connectivity index (χ0n) is 10.3. The van der Waals surface area contributed by atoms with E-state index in [2.05, 4.69) is 0 Å². The topological polar surface area (TPSA) is 34.1 Å². The van der Waals surface area contributed by atoms with Crippen molar-refractivity contribution in [1.29, 1.82) is 0 Å². The molecule has 0 fully saturated rings. The van der Waals surface area contributed by atoms with E-state index < -0.39 is 0 Å². The maximum Gasteiger partial charge on any atom is 0.150 e. The number of benzene rings is 1. The third-order valence-electron chi connectivity index (χ3n) is 2.76. The molecule has 0 aromatic heterocycles. The number of carbonyl (C=O) groups is 2. The van der Waals surface area contributed by atoms with Gasteiger partial charge in [0.15, 0.2) is 0 Å². The standard InChI is InChI=1S/C14H18O2/c1-9(2)13-11(7-15)5-6-12(8-16)14(13)10(3)4/h5-10H,1-4H3. The Labute approximate surface area is 96.7 Å². The van der Waals surface area contributed by atoms with Gasteiger partial charge in [-0.15, -0.1) is 0 Å². The second kappa shape index (κ2) is 5.06. The molecule has 0 amide bonds. The predicted octanol–water partition coefficient (Wildman–Crippen LogP) is 3.56. The van der Waals surface area contributed by atoms with Crippen LogP contribution in [0.25, 0.3) is 0 Å². The number of hydrogen-bond acceptors (Lipinski definition) is 2. The number of aldehydes is 2. The van der Waals surface area contributed by atoms with Gasteiger partial charge in [0.05, 0.1) is 0 Å². The molecule has 0 aliphatic heterocycles. The molecule has 16 heavy (non-hydrogen) atoms. The summed E-state index contributed by atoms with van der Waals surface area (Å²) < 4.78 is 0. The number of hydrogen-bond donors (Lipinski definition) is 0. The van der Waals surface area contributed by atoms with Gasteiger partial charge in [-0.3, -0.25) is 9.59 Å². The largest absolute Gasteiger partial charge is 0.298 e. The summed E-state index contributed by atoms with van der Waals surface area (Å²) in [6, 6.07) is 3.47. The Morgan fingerprint density at radius 3 is 1.31 bits per heavy atom. The second-order valence-corrected chi connectivity index (χ2v) is 4.62. The Morgan fingerprint density at radius 1 is 0.812 bits per heavy atom. The summed E-state index contributed by atoms with van der Waals surface area (Å²) in [6.45, 7) is 8.18. The lowest BCUT2D eigenvalue weighted by Gasteiger charge is -2.19. The van der Waals surface area contributed by atoms with E-state index in [0.29, 0.717) is 11.1 Å². The summed E-state index contributed by atoms with van der Waals surface area (Å²) in [4.78, 5) is 22.0. The van der Waals surface area contributed by atoms with Gasteiger partial charge in [0.2, 0.25) is 0 Å². The Balaban J connectivity index is 3.59. The SMILES string of the molecule is CC(C)c1c(C=O)ccc(C=O)c1C(C)C. The highest BCUT2D eigenvalue weighted by Crippen LogP contribution is 2.31.